The van der Waals surface area contributed by atoms with Crippen molar-refractivity contribution in [2.45, 2.75) is 39.2 Å². The second kappa shape index (κ2) is 7.41. The number of rotatable bonds is 5. The molecule has 0 radical (unpaired) electrons. The molecule has 1 N–H and O–H groups in total. The first-order chi connectivity index (χ1) is 9.16. The Morgan fingerprint density at radius 1 is 1.42 bits per heavy atom. The molecule has 1 amide bonds. The lowest BCUT2D eigenvalue weighted by Crippen LogP contribution is -2.37. The van der Waals surface area contributed by atoms with E-state index in [1.165, 1.54) is 33.5 Å². The van der Waals surface area contributed by atoms with Crippen LogP contribution >= 0.6 is 27.3 Å². The largest absolute Gasteiger partial charge is 0.343 e. The number of hydrogen-bond acceptors (Lipinski definition) is 3. The van der Waals surface area contributed by atoms with Crippen LogP contribution in [0.4, 0.5) is 0 Å². The lowest BCUT2D eigenvalue weighted by molar-refractivity contribution is -0.131. The van der Waals surface area contributed by atoms with Gasteiger partial charge in [0, 0.05) is 46.8 Å². The second-order valence-corrected chi connectivity index (χ2v) is 7.18. The molecule has 5 heteroatoms. The van der Waals surface area contributed by atoms with E-state index in [9.17, 15) is 4.79 Å². The van der Waals surface area contributed by atoms with Crippen LogP contribution in [-0.2, 0) is 11.3 Å². The zero-order chi connectivity index (χ0) is 13.7. The maximum atomic E-state index is 11.9. The van der Waals surface area contributed by atoms with Gasteiger partial charge in [-0.3, -0.25) is 4.79 Å². The fraction of sp³-hybridized carbons (Fsp3) is 0.643. The summed E-state index contributed by atoms with van der Waals surface area (Å²) in [4.78, 5) is 16.6. The SMILES string of the molecule is Cc1sc(CNCCC(=O)N2CCCCC2)cc1Br. The van der Waals surface area contributed by atoms with Crippen molar-refractivity contribution in [3.8, 4) is 0 Å². The number of nitrogens with zero attached hydrogens (tertiary/aromatic N) is 1. The number of amides is 1. The van der Waals surface area contributed by atoms with E-state index in [1.807, 2.05) is 4.90 Å². The molecule has 106 valence electrons. The molecule has 1 fully saturated rings. The number of piperidine rings is 1. The van der Waals surface area contributed by atoms with Crippen LogP contribution in [0.25, 0.3) is 0 Å². The number of nitrogens with one attached hydrogen (secondary N) is 1. The van der Waals surface area contributed by atoms with Crippen LogP contribution in [0.3, 0.4) is 0 Å². The highest BCUT2D eigenvalue weighted by molar-refractivity contribution is 9.10. The van der Waals surface area contributed by atoms with Crippen LogP contribution in [-0.4, -0.2) is 30.4 Å². The topological polar surface area (TPSA) is 32.3 Å². The molecule has 0 atom stereocenters. The first kappa shape index (κ1) is 15.0. The van der Waals surface area contributed by atoms with E-state index in [1.54, 1.807) is 11.3 Å². The van der Waals surface area contributed by atoms with E-state index in [4.69, 9.17) is 0 Å². The van der Waals surface area contributed by atoms with Gasteiger partial charge in [-0.25, -0.2) is 0 Å². The summed E-state index contributed by atoms with van der Waals surface area (Å²) >= 11 is 5.32. The number of likely N-dealkylation sites (tertiary alicyclic amines) is 1. The van der Waals surface area contributed by atoms with Gasteiger partial charge >= 0.3 is 0 Å². The highest BCUT2D eigenvalue weighted by Crippen LogP contribution is 2.26. The zero-order valence-corrected chi connectivity index (χ0v) is 13.8. The molecule has 0 spiro atoms. The van der Waals surface area contributed by atoms with E-state index in [0.717, 1.165) is 26.2 Å². The molecular weight excluding hydrogens is 324 g/mol. The van der Waals surface area contributed by atoms with Gasteiger partial charge in [0.2, 0.25) is 5.91 Å². The fourth-order valence-electron chi connectivity index (χ4n) is 2.31. The van der Waals surface area contributed by atoms with Gasteiger partial charge in [-0.15, -0.1) is 11.3 Å². The number of halogens is 1. The monoisotopic (exact) mass is 344 g/mol. The van der Waals surface area contributed by atoms with Crippen LogP contribution < -0.4 is 5.32 Å². The first-order valence-electron chi connectivity index (χ1n) is 6.90. The summed E-state index contributed by atoms with van der Waals surface area (Å²) in [5.74, 6) is 0.302. The average molecular weight is 345 g/mol. The molecular formula is C14H21BrN2OS. The molecule has 2 heterocycles. The molecule has 3 nitrogen and oxygen atoms in total. The van der Waals surface area contributed by atoms with Gasteiger partial charge in [0.05, 0.1) is 0 Å². The Morgan fingerprint density at radius 3 is 2.79 bits per heavy atom. The van der Waals surface area contributed by atoms with Gasteiger partial charge in [0.25, 0.3) is 0 Å². The number of carbonyl (C=O) groups excluding carboxylic acids is 1. The number of thiophene rings is 1. The van der Waals surface area contributed by atoms with Crippen molar-refractivity contribution in [2.24, 2.45) is 0 Å². The first-order valence-corrected chi connectivity index (χ1v) is 8.51. The van der Waals surface area contributed by atoms with Gasteiger partial charge in [0.1, 0.15) is 0 Å². The average Bonchev–Trinajstić information content (AvgIpc) is 2.74. The minimum atomic E-state index is 0.302. The molecule has 0 aliphatic carbocycles. The van der Waals surface area contributed by atoms with Gasteiger partial charge in [0.15, 0.2) is 0 Å². The van der Waals surface area contributed by atoms with Crippen molar-refractivity contribution >= 4 is 33.2 Å². The van der Waals surface area contributed by atoms with E-state index in [2.05, 4.69) is 34.2 Å². The number of aryl methyl sites for hydroxylation is 1. The summed E-state index contributed by atoms with van der Waals surface area (Å²) in [6, 6.07) is 2.15. The van der Waals surface area contributed by atoms with Crippen molar-refractivity contribution in [1.29, 1.82) is 0 Å². The van der Waals surface area contributed by atoms with Gasteiger partial charge in [-0.05, 0) is 48.2 Å². The Bertz CT molecular complexity index is 408. The Balaban J connectivity index is 1.64. The Kier molecular flexibility index (Phi) is 5.85. The number of carbonyl (C=O) groups is 1. The zero-order valence-electron chi connectivity index (χ0n) is 11.4. The Morgan fingerprint density at radius 2 is 2.16 bits per heavy atom. The van der Waals surface area contributed by atoms with E-state index in [-0.39, 0.29) is 0 Å². The summed E-state index contributed by atoms with van der Waals surface area (Å²) in [5, 5.41) is 3.35. The maximum Gasteiger partial charge on any atom is 0.223 e. The highest BCUT2D eigenvalue weighted by atomic mass is 79.9. The smallest absolute Gasteiger partial charge is 0.223 e. The Hall–Kier alpha value is -0.390. The fourth-order valence-corrected chi connectivity index (χ4v) is 3.88. The molecule has 0 bridgehead atoms. The lowest BCUT2D eigenvalue weighted by atomic mass is 10.1. The standard InChI is InChI=1S/C14H21BrN2OS/c1-11-13(15)9-12(19-11)10-16-6-5-14(18)17-7-3-2-4-8-17/h9,16H,2-8,10H2,1H3. The van der Waals surface area contributed by atoms with Gasteiger partial charge in [-0.2, -0.15) is 0 Å². The molecule has 2 rings (SSSR count). The van der Waals surface area contributed by atoms with Crippen molar-refractivity contribution in [3.63, 3.8) is 0 Å². The minimum Gasteiger partial charge on any atom is -0.343 e. The third-order valence-electron chi connectivity index (χ3n) is 3.43. The molecule has 1 aliphatic heterocycles. The molecule has 1 saturated heterocycles. The summed E-state index contributed by atoms with van der Waals surface area (Å²) < 4.78 is 1.18. The summed E-state index contributed by atoms with van der Waals surface area (Å²) in [5.41, 5.74) is 0. The summed E-state index contributed by atoms with van der Waals surface area (Å²) in [6.45, 7) is 5.64. The summed E-state index contributed by atoms with van der Waals surface area (Å²) in [7, 11) is 0. The molecule has 19 heavy (non-hydrogen) atoms. The van der Waals surface area contributed by atoms with Crippen molar-refractivity contribution in [3.05, 3.63) is 20.3 Å². The van der Waals surface area contributed by atoms with Crippen molar-refractivity contribution in [1.82, 2.24) is 10.2 Å². The van der Waals surface area contributed by atoms with E-state index >= 15 is 0 Å². The molecule has 1 aromatic rings. The predicted molar refractivity (Wildman–Crippen MR) is 83.5 cm³/mol. The van der Waals surface area contributed by atoms with Crippen LogP contribution in [0.2, 0.25) is 0 Å². The van der Waals surface area contributed by atoms with Crippen molar-refractivity contribution in [2.75, 3.05) is 19.6 Å². The predicted octanol–water partition coefficient (Wildman–Crippen LogP) is 3.31. The van der Waals surface area contributed by atoms with Gasteiger partial charge < -0.3 is 10.2 Å². The molecule has 0 saturated carbocycles. The van der Waals surface area contributed by atoms with Crippen molar-refractivity contribution < 1.29 is 4.79 Å². The molecule has 0 aromatic carbocycles. The minimum absolute atomic E-state index is 0.302. The van der Waals surface area contributed by atoms with E-state index in [0.29, 0.717) is 12.3 Å². The molecule has 1 aromatic heterocycles. The second-order valence-electron chi connectivity index (χ2n) is 4.99. The maximum absolute atomic E-state index is 11.9. The van der Waals surface area contributed by atoms with Crippen LogP contribution in [0.15, 0.2) is 10.5 Å². The van der Waals surface area contributed by atoms with E-state index < -0.39 is 0 Å². The quantitative estimate of drug-likeness (QED) is 0.831. The third kappa shape index (κ3) is 4.58. The summed E-state index contributed by atoms with van der Waals surface area (Å²) in [6.07, 6.45) is 4.23. The van der Waals surface area contributed by atoms with Crippen LogP contribution in [0, 0.1) is 6.92 Å². The molecule has 0 unspecified atom stereocenters. The van der Waals surface area contributed by atoms with Crippen LogP contribution in [0.5, 0.6) is 0 Å². The van der Waals surface area contributed by atoms with Gasteiger partial charge in [-0.1, -0.05) is 0 Å². The highest BCUT2D eigenvalue weighted by Gasteiger charge is 2.15. The van der Waals surface area contributed by atoms with Crippen LogP contribution in [0.1, 0.15) is 35.4 Å². The molecule has 1 aliphatic rings. The lowest BCUT2D eigenvalue weighted by Gasteiger charge is -2.26. The normalized spacial score (nSPS) is 15.8. The number of hydrogen-bond donors (Lipinski definition) is 1. The Labute approximate surface area is 127 Å². The third-order valence-corrected chi connectivity index (χ3v) is 5.57.